The Morgan fingerprint density at radius 1 is 0.774 bits per heavy atom. The molecule has 0 atom stereocenters. The molecule has 2 rings (SSSR count). The number of benzene rings is 2. The largest absolute Gasteiger partial charge is 0.388 e. The zero-order valence-corrected chi connectivity index (χ0v) is 17.7. The molecule has 2 aromatic carbocycles. The van der Waals surface area contributed by atoms with E-state index in [0.717, 1.165) is 22.5 Å². The summed E-state index contributed by atoms with van der Waals surface area (Å²) in [4.78, 5) is 10.3. The van der Waals surface area contributed by atoms with E-state index in [9.17, 15) is 4.79 Å². The molecule has 0 aromatic heterocycles. The summed E-state index contributed by atoms with van der Waals surface area (Å²) in [6.07, 6.45) is 0.613. The van der Waals surface area contributed by atoms with Gasteiger partial charge in [0.25, 0.3) is 0 Å². The van der Waals surface area contributed by atoms with Gasteiger partial charge in [0.1, 0.15) is 0 Å². The number of nitrogens with zero attached hydrogens (tertiary/aromatic N) is 4. The molecule has 1 amide bonds. The molecule has 0 saturated heterocycles. The minimum Gasteiger partial charge on any atom is -0.388 e. The molecule has 0 fully saturated rings. The van der Waals surface area contributed by atoms with E-state index < -0.39 is 0 Å². The topological polar surface area (TPSA) is 195 Å². The molecule has 0 aliphatic heterocycles. The molecule has 0 aliphatic carbocycles. The average Bonchev–Trinajstić information content (AvgIpc) is 2.76. The Hall–Kier alpha value is -4.41. The molecule has 0 unspecified atom stereocenters. The van der Waals surface area contributed by atoms with Crippen LogP contribution in [0.4, 0.5) is 11.4 Å². The van der Waals surface area contributed by atoms with Crippen LogP contribution >= 0.6 is 0 Å². The first-order valence-electron chi connectivity index (χ1n) is 9.12. The highest BCUT2D eigenvalue weighted by molar-refractivity contribution is 6.00. The summed E-state index contributed by atoms with van der Waals surface area (Å²) in [5.41, 5.74) is 25.6. The Labute approximate surface area is 181 Å². The van der Waals surface area contributed by atoms with Gasteiger partial charge in [-0.25, -0.2) is 0 Å². The van der Waals surface area contributed by atoms with Crippen LogP contribution in [0.1, 0.15) is 25.0 Å². The van der Waals surface area contributed by atoms with Crippen molar-refractivity contribution in [3.63, 3.8) is 0 Å². The number of anilines is 2. The Kier molecular flexibility index (Phi) is 10.3. The van der Waals surface area contributed by atoms with Crippen molar-refractivity contribution in [3.8, 4) is 0 Å². The minimum atomic E-state index is -0.0958. The van der Waals surface area contributed by atoms with E-state index in [-0.39, 0.29) is 11.9 Å². The van der Waals surface area contributed by atoms with Gasteiger partial charge >= 0.3 is 0 Å². The maximum Gasteiger partial charge on any atom is 0.211 e. The van der Waals surface area contributed by atoms with Crippen molar-refractivity contribution in [1.82, 2.24) is 0 Å². The fourth-order valence-corrected chi connectivity index (χ4v) is 2.18. The quantitative estimate of drug-likeness (QED) is 0.166. The average molecular weight is 425 g/mol. The first-order chi connectivity index (χ1) is 14.8. The molecule has 11 nitrogen and oxygen atoms in total. The lowest BCUT2D eigenvalue weighted by Crippen LogP contribution is -2.22. The van der Waals surface area contributed by atoms with Crippen LogP contribution in [0.3, 0.4) is 0 Å². The number of nitrogens with one attached hydrogen (secondary N) is 2. The smallest absolute Gasteiger partial charge is 0.211 e. The van der Waals surface area contributed by atoms with Crippen molar-refractivity contribution < 1.29 is 4.79 Å². The summed E-state index contributed by atoms with van der Waals surface area (Å²) < 4.78 is 0. The van der Waals surface area contributed by atoms with Gasteiger partial charge in [-0.3, -0.25) is 4.79 Å². The first-order valence-corrected chi connectivity index (χ1v) is 9.12. The summed E-state index contributed by atoms with van der Waals surface area (Å²) in [6, 6.07) is 15.0. The fraction of sp³-hybridized carbons (Fsp3) is 0.150. The second kappa shape index (κ2) is 12.9. The molecule has 0 bridgehead atoms. The maximum atomic E-state index is 10.3. The number of guanidine groups is 2. The monoisotopic (exact) mass is 424 g/mol. The van der Waals surface area contributed by atoms with Crippen LogP contribution in [0.25, 0.3) is 0 Å². The van der Waals surface area contributed by atoms with Gasteiger partial charge in [-0.15, -0.1) is 10.2 Å². The van der Waals surface area contributed by atoms with Crippen molar-refractivity contribution in [2.75, 3.05) is 17.7 Å². The Balaban J connectivity index is 0.000000311. The number of hydrogen-bond acceptors (Lipinski definition) is 6. The molecule has 0 saturated carbocycles. The van der Waals surface area contributed by atoms with E-state index in [1.165, 1.54) is 0 Å². The molecule has 0 aliphatic rings. The summed E-state index contributed by atoms with van der Waals surface area (Å²) in [7, 11) is 1.86. The number of rotatable bonds is 7. The molecule has 164 valence electrons. The number of amides is 1. The van der Waals surface area contributed by atoms with Gasteiger partial charge in [0.2, 0.25) is 18.3 Å². The molecule has 2 aromatic rings. The molecular weight excluding hydrogens is 396 g/mol. The van der Waals surface area contributed by atoms with Crippen LogP contribution in [0.5, 0.6) is 0 Å². The predicted octanol–water partition coefficient (Wildman–Crippen LogP) is 0.978. The number of nitrogens with two attached hydrogens (primary N) is 4. The number of hydrogen-bond donors (Lipinski definition) is 6. The zero-order valence-electron chi connectivity index (χ0n) is 17.7. The van der Waals surface area contributed by atoms with Crippen LogP contribution in [0.2, 0.25) is 0 Å². The summed E-state index contributed by atoms with van der Waals surface area (Å²) in [5.74, 6) is -0.138. The molecule has 0 radical (unpaired) electrons. The Morgan fingerprint density at radius 3 is 1.65 bits per heavy atom. The second-order valence-electron chi connectivity index (χ2n) is 6.09. The highest BCUT2D eigenvalue weighted by Crippen LogP contribution is 2.11. The van der Waals surface area contributed by atoms with Crippen molar-refractivity contribution in [2.24, 2.45) is 43.3 Å². The lowest BCUT2D eigenvalue weighted by molar-refractivity contribution is -0.105. The van der Waals surface area contributed by atoms with Crippen molar-refractivity contribution in [1.29, 1.82) is 0 Å². The fourth-order valence-electron chi connectivity index (χ4n) is 2.18. The van der Waals surface area contributed by atoms with Crippen LogP contribution < -0.4 is 33.6 Å². The van der Waals surface area contributed by atoms with Crippen molar-refractivity contribution in [2.45, 2.75) is 13.8 Å². The van der Waals surface area contributed by atoms with Gasteiger partial charge < -0.3 is 33.6 Å². The highest BCUT2D eigenvalue weighted by atomic mass is 16.1. The summed E-state index contributed by atoms with van der Waals surface area (Å²) >= 11 is 0. The van der Waals surface area contributed by atoms with E-state index in [1.54, 1.807) is 25.1 Å². The first kappa shape index (κ1) is 24.6. The third-order valence-corrected chi connectivity index (χ3v) is 3.71. The van der Waals surface area contributed by atoms with Gasteiger partial charge in [-0.2, -0.15) is 10.2 Å². The SMILES string of the molecule is CC(=NN=C(N)N)c1cccc(NC=O)c1.CNc1cccc(C(C)=NN=C(N)N)c1. The van der Waals surface area contributed by atoms with E-state index >= 15 is 0 Å². The molecule has 10 N–H and O–H groups in total. The minimum absolute atomic E-state index is 0.0425. The predicted molar refractivity (Wildman–Crippen MR) is 128 cm³/mol. The second-order valence-corrected chi connectivity index (χ2v) is 6.09. The third-order valence-electron chi connectivity index (χ3n) is 3.71. The summed E-state index contributed by atoms with van der Waals surface area (Å²) in [6.45, 7) is 3.62. The van der Waals surface area contributed by atoms with Gasteiger partial charge in [-0.1, -0.05) is 24.3 Å². The Morgan fingerprint density at radius 2 is 1.23 bits per heavy atom. The van der Waals surface area contributed by atoms with E-state index in [4.69, 9.17) is 22.9 Å². The number of carbonyl (C=O) groups is 1. The van der Waals surface area contributed by atoms with E-state index in [0.29, 0.717) is 17.8 Å². The molecule has 0 spiro atoms. The normalized spacial score (nSPS) is 10.8. The van der Waals surface area contributed by atoms with Crippen LogP contribution in [0.15, 0.2) is 68.9 Å². The molecule has 31 heavy (non-hydrogen) atoms. The van der Waals surface area contributed by atoms with Gasteiger partial charge in [0.05, 0.1) is 11.4 Å². The van der Waals surface area contributed by atoms with Gasteiger partial charge in [-0.05, 0) is 49.2 Å². The molecule has 11 heteroatoms. The van der Waals surface area contributed by atoms with Crippen molar-refractivity contribution >= 4 is 41.1 Å². The third kappa shape index (κ3) is 9.56. The molecule has 0 heterocycles. The Bertz CT molecular complexity index is 987. The van der Waals surface area contributed by atoms with Gasteiger partial charge in [0.15, 0.2) is 0 Å². The zero-order chi connectivity index (χ0) is 23.2. The standard InChI is InChI=1S/C10H13N5O.C10H15N5/c1-7(14-15-10(11)12)8-3-2-4-9(5-8)13-6-16;1-7(14-15-10(11)12)8-4-3-5-9(6-8)13-2/h2-6H,1H3,(H,13,16)(H4,11,12,15);3-6,13H,1-2H3,(H4,11,12,15). The lowest BCUT2D eigenvalue weighted by atomic mass is 10.1. The van der Waals surface area contributed by atoms with Crippen LogP contribution in [-0.4, -0.2) is 36.8 Å². The van der Waals surface area contributed by atoms with Crippen molar-refractivity contribution in [3.05, 3.63) is 59.7 Å². The van der Waals surface area contributed by atoms with Crippen LogP contribution in [0, 0.1) is 0 Å². The lowest BCUT2D eigenvalue weighted by Gasteiger charge is -2.03. The van der Waals surface area contributed by atoms with E-state index in [2.05, 4.69) is 31.0 Å². The van der Waals surface area contributed by atoms with Gasteiger partial charge in [0, 0.05) is 18.4 Å². The maximum absolute atomic E-state index is 10.3. The van der Waals surface area contributed by atoms with E-state index in [1.807, 2.05) is 44.3 Å². The van der Waals surface area contributed by atoms with Crippen LogP contribution in [-0.2, 0) is 4.79 Å². The number of carbonyl (C=O) groups excluding carboxylic acids is 1. The summed E-state index contributed by atoms with van der Waals surface area (Å²) in [5, 5.41) is 20.5. The highest BCUT2D eigenvalue weighted by Gasteiger charge is 1.99. The molecular formula is C20H28N10O.